The minimum Gasteiger partial charge on any atom is -0.468 e. The first-order valence-corrected chi connectivity index (χ1v) is 14.9. The molecule has 2 aromatic rings. The normalized spacial score (nSPS) is 30.3. The molecular weight excluding hydrogens is 560 g/mol. The number of aromatic nitrogens is 2. The van der Waals surface area contributed by atoms with Gasteiger partial charge in [-0.25, -0.2) is 0 Å². The molecule has 0 aliphatic carbocycles. The molecule has 0 saturated carbocycles. The summed E-state index contributed by atoms with van der Waals surface area (Å²) in [4.78, 5) is 61.5. The van der Waals surface area contributed by atoms with Gasteiger partial charge in [0.15, 0.2) is 5.78 Å². The summed E-state index contributed by atoms with van der Waals surface area (Å²) >= 11 is 0. The molecule has 4 unspecified atom stereocenters. The Kier molecular flexibility index (Phi) is 9.94. The Morgan fingerprint density at radius 1 is 0.773 bits per heavy atom. The summed E-state index contributed by atoms with van der Waals surface area (Å²) < 4.78 is 10.9. The number of carbonyl (C=O) groups excluding carboxylic acids is 3. The predicted octanol–water partition coefficient (Wildman–Crippen LogP) is 2.46. The van der Waals surface area contributed by atoms with Gasteiger partial charge < -0.3 is 19.3 Å². The van der Waals surface area contributed by atoms with Gasteiger partial charge in [-0.1, -0.05) is 19.6 Å². The molecule has 11 heteroatoms. The number of Topliss-reactive ketones (excluding diaryl/α,β-unsaturated/α-hetero) is 1. The van der Waals surface area contributed by atoms with Crippen molar-refractivity contribution in [2.45, 2.75) is 44.8 Å². The van der Waals surface area contributed by atoms with Gasteiger partial charge in [-0.05, 0) is 65.2 Å². The van der Waals surface area contributed by atoms with E-state index < -0.39 is 46.2 Å². The molecule has 2 aromatic heterocycles. The van der Waals surface area contributed by atoms with Gasteiger partial charge >= 0.3 is 11.9 Å². The van der Waals surface area contributed by atoms with Gasteiger partial charge in [-0.15, -0.1) is 0 Å². The Labute approximate surface area is 261 Å². The smallest absolute Gasteiger partial charge is 0.320 e. The molecule has 2 bridgehead atoms. The van der Waals surface area contributed by atoms with Crippen molar-refractivity contribution >= 4 is 17.7 Å². The summed E-state index contributed by atoms with van der Waals surface area (Å²) in [5.41, 5.74) is -2.31. The summed E-state index contributed by atoms with van der Waals surface area (Å²) in [6, 6.07) is 10.4. The highest BCUT2D eigenvalue weighted by Crippen LogP contribution is 2.54. The predicted molar refractivity (Wildman–Crippen MR) is 167 cm³/mol. The van der Waals surface area contributed by atoms with E-state index in [2.05, 4.69) is 50.6 Å². The van der Waals surface area contributed by atoms with Crippen LogP contribution >= 0.6 is 0 Å². The highest BCUT2D eigenvalue weighted by molar-refractivity contribution is 6.16. The van der Waals surface area contributed by atoms with Crippen LogP contribution in [0.25, 0.3) is 0 Å². The van der Waals surface area contributed by atoms with Gasteiger partial charge in [0, 0.05) is 57.2 Å². The maximum atomic E-state index is 15.1. The number of nitrogens with zero attached hydrogens (tertiary/aromatic N) is 6. The second-order valence-corrected chi connectivity index (χ2v) is 12.9. The summed E-state index contributed by atoms with van der Waals surface area (Å²) in [7, 11) is 8.74. The van der Waals surface area contributed by atoms with Crippen LogP contribution in [0.4, 0.5) is 0 Å². The minimum absolute atomic E-state index is 0. The Balaban J connectivity index is 0.00000442. The monoisotopic (exact) mass is 608 g/mol. The molecule has 3 fully saturated rings. The molecule has 44 heavy (non-hydrogen) atoms. The molecule has 11 nitrogen and oxygen atoms in total. The number of rotatable bonds is 5. The SMILES string of the molecule is C.COC(=O)C12CC(c3ccccn3)N(C)C(c3ccccn3)CC(C(=O)OC)(CN(C3(C)CN(C)CCN(C)C3)C1)C2=O. The molecule has 3 saturated heterocycles. The van der Waals surface area contributed by atoms with Gasteiger partial charge in [0.05, 0.1) is 37.7 Å². The second kappa shape index (κ2) is 13.0. The van der Waals surface area contributed by atoms with Crippen molar-refractivity contribution in [1.82, 2.24) is 29.6 Å². The number of hydrogen-bond acceptors (Lipinski definition) is 11. The molecule has 4 atom stereocenters. The molecule has 0 radical (unpaired) electrons. The zero-order valence-electron chi connectivity index (χ0n) is 26.2. The van der Waals surface area contributed by atoms with Crippen LogP contribution in [-0.4, -0.2) is 127 Å². The number of pyridine rings is 2. The number of likely N-dealkylation sites (N-methyl/N-ethyl adjacent to an activating group) is 2. The minimum atomic E-state index is -1.64. The summed E-state index contributed by atoms with van der Waals surface area (Å²) in [5, 5.41) is 0. The van der Waals surface area contributed by atoms with E-state index in [1.54, 1.807) is 12.4 Å². The highest BCUT2D eigenvalue weighted by Gasteiger charge is 2.68. The van der Waals surface area contributed by atoms with E-state index in [1.807, 2.05) is 43.4 Å². The summed E-state index contributed by atoms with van der Waals surface area (Å²) in [5.74, 6) is -1.72. The van der Waals surface area contributed by atoms with Crippen molar-refractivity contribution in [3.63, 3.8) is 0 Å². The van der Waals surface area contributed by atoms with Crippen LogP contribution in [0.5, 0.6) is 0 Å². The van der Waals surface area contributed by atoms with Gasteiger partial charge in [0.1, 0.15) is 10.8 Å². The Morgan fingerprint density at radius 2 is 1.20 bits per heavy atom. The fourth-order valence-corrected chi connectivity index (χ4v) is 7.73. The standard InChI is InChI=1S/C32H44N6O5.CH4/c1-30(19-35(2)15-16-36(3)20-30)38-21-31(28(40)42-5)17-25(23-11-7-9-13-33-23)37(4)26(24-12-8-10-14-34-24)18-32(22-38,27(31)39)29(41)43-6;/h7-14,25-26H,15-22H2,1-6H3;1H4. The van der Waals surface area contributed by atoms with Crippen molar-refractivity contribution in [3.05, 3.63) is 60.2 Å². The van der Waals surface area contributed by atoms with Crippen LogP contribution in [0.1, 0.15) is 50.7 Å². The number of piperidine rings is 1. The van der Waals surface area contributed by atoms with Crippen LogP contribution < -0.4 is 0 Å². The third-order valence-corrected chi connectivity index (χ3v) is 9.92. The average molecular weight is 609 g/mol. The molecule has 5 rings (SSSR count). The van der Waals surface area contributed by atoms with Gasteiger partial charge in [0.2, 0.25) is 0 Å². The molecule has 0 amide bonds. The van der Waals surface area contributed by atoms with Crippen molar-refractivity contribution in [3.8, 4) is 0 Å². The topological polar surface area (TPSA) is 108 Å². The van der Waals surface area contributed by atoms with Crippen LogP contribution in [0.3, 0.4) is 0 Å². The van der Waals surface area contributed by atoms with E-state index in [9.17, 15) is 9.59 Å². The van der Waals surface area contributed by atoms with Crippen molar-refractivity contribution < 1.29 is 23.9 Å². The number of esters is 2. The molecule has 0 spiro atoms. The number of ketones is 1. The van der Waals surface area contributed by atoms with E-state index in [4.69, 9.17) is 9.47 Å². The van der Waals surface area contributed by atoms with Crippen molar-refractivity contribution in [2.24, 2.45) is 10.8 Å². The Morgan fingerprint density at radius 3 is 1.57 bits per heavy atom. The van der Waals surface area contributed by atoms with Gasteiger partial charge in [-0.3, -0.25) is 34.2 Å². The maximum absolute atomic E-state index is 15.1. The average Bonchev–Trinajstić information content (AvgIpc) is 3.15. The second-order valence-electron chi connectivity index (χ2n) is 12.9. The molecule has 0 N–H and O–H groups in total. The van der Waals surface area contributed by atoms with E-state index in [0.29, 0.717) is 13.1 Å². The van der Waals surface area contributed by atoms with Crippen LogP contribution in [0.15, 0.2) is 48.8 Å². The van der Waals surface area contributed by atoms with Gasteiger partial charge in [-0.2, -0.15) is 0 Å². The lowest BCUT2D eigenvalue weighted by Crippen LogP contribution is -2.72. The van der Waals surface area contributed by atoms with E-state index in [0.717, 1.165) is 24.5 Å². The number of ether oxygens (including phenoxy) is 2. The van der Waals surface area contributed by atoms with Gasteiger partial charge in [0.25, 0.3) is 0 Å². The molecule has 3 aliphatic heterocycles. The lowest BCUT2D eigenvalue weighted by Gasteiger charge is -2.57. The third kappa shape index (κ3) is 5.78. The highest BCUT2D eigenvalue weighted by atomic mass is 16.5. The number of likely N-dealkylation sites (tertiary alicyclic amines) is 2. The Bertz CT molecular complexity index is 1230. The first-order chi connectivity index (χ1) is 20.5. The summed E-state index contributed by atoms with van der Waals surface area (Å²) in [6.45, 7) is 5.59. The first-order valence-electron chi connectivity index (χ1n) is 14.9. The first kappa shape index (κ1) is 33.6. The summed E-state index contributed by atoms with van der Waals surface area (Å²) in [6.07, 6.45) is 3.61. The number of carbonyl (C=O) groups is 3. The van der Waals surface area contributed by atoms with Crippen LogP contribution in [0, 0.1) is 10.8 Å². The van der Waals surface area contributed by atoms with Crippen LogP contribution in [-0.2, 0) is 23.9 Å². The number of hydrogen-bond donors (Lipinski definition) is 0. The molecule has 0 aromatic carbocycles. The van der Waals surface area contributed by atoms with E-state index in [1.165, 1.54) is 14.2 Å². The fourth-order valence-electron chi connectivity index (χ4n) is 7.73. The third-order valence-electron chi connectivity index (χ3n) is 9.92. The Hall–Kier alpha value is -3.25. The molecule has 240 valence electrons. The largest absolute Gasteiger partial charge is 0.468 e. The van der Waals surface area contributed by atoms with Crippen molar-refractivity contribution in [2.75, 3.05) is 74.6 Å². The maximum Gasteiger partial charge on any atom is 0.320 e. The van der Waals surface area contributed by atoms with E-state index in [-0.39, 0.29) is 33.4 Å². The number of methoxy groups -OCH3 is 2. The zero-order chi connectivity index (χ0) is 31.0. The van der Waals surface area contributed by atoms with Crippen LogP contribution in [0.2, 0.25) is 0 Å². The van der Waals surface area contributed by atoms with E-state index >= 15 is 4.79 Å². The lowest BCUT2D eigenvalue weighted by molar-refractivity contribution is -0.188. The molecule has 5 heterocycles. The molecule has 3 aliphatic rings. The number of fused-ring (bicyclic) bond motifs is 2. The quantitative estimate of drug-likeness (QED) is 0.369. The lowest BCUT2D eigenvalue weighted by atomic mass is 9.58. The van der Waals surface area contributed by atoms with Crippen molar-refractivity contribution in [1.29, 1.82) is 0 Å². The zero-order valence-corrected chi connectivity index (χ0v) is 26.2. The molecular formula is C33H48N6O5. The fraction of sp³-hybridized carbons (Fsp3) is 0.606.